The van der Waals surface area contributed by atoms with Gasteiger partial charge in [-0.2, -0.15) is 0 Å². The molecule has 2 aromatic carbocycles. The van der Waals surface area contributed by atoms with Crippen LogP contribution < -0.4 is 26.0 Å². The lowest BCUT2D eigenvalue weighted by molar-refractivity contribution is -0.116. The lowest BCUT2D eigenvalue weighted by Crippen LogP contribution is -2.40. The Morgan fingerprint density at radius 2 is 1.58 bits per heavy atom. The summed E-state index contributed by atoms with van der Waals surface area (Å²) in [6.07, 6.45) is 1.79. The van der Waals surface area contributed by atoms with E-state index < -0.39 is 17.2 Å². The summed E-state index contributed by atoms with van der Waals surface area (Å²) in [7, 11) is 6.18. The molecule has 0 radical (unpaired) electrons. The van der Waals surface area contributed by atoms with Crippen molar-refractivity contribution in [2.75, 3.05) is 19.5 Å². The molecule has 2 heterocycles. The molecule has 0 fully saturated rings. The number of aromatic nitrogens is 3. The van der Waals surface area contributed by atoms with Crippen molar-refractivity contribution < 1.29 is 14.3 Å². The predicted octanol–water partition coefficient (Wildman–Crippen LogP) is 2.36. The number of hydrogen-bond acceptors (Lipinski definition) is 5. The zero-order chi connectivity index (χ0) is 23.7. The van der Waals surface area contributed by atoms with E-state index in [0.29, 0.717) is 33.8 Å². The van der Waals surface area contributed by atoms with E-state index >= 15 is 0 Å². The first-order chi connectivity index (χ1) is 15.8. The van der Waals surface area contributed by atoms with Crippen molar-refractivity contribution in [2.45, 2.75) is 6.54 Å². The van der Waals surface area contributed by atoms with Crippen molar-refractivity contribution in [3.05, 3.63) is 75.6 Å². The number of anilines is 1. The zero-order valence-corrected chi connectivity index (χ0v) is 18.8. The molecule has 0 aliphatic carbocycles. The van der Waals surface area contributed by atoms with E-state index in [1.54, 1.807) is 36.0 Å². The molecule has 0 saturated carbocycles. The van der Waals surface area contributed by atoms with Crippen LogP contribution >= 0.6 is 0 Å². The van der Waals surface area contributed by atoms with Crippen LogP contribution in [-0.2, 0) is 25.4 Å². The van der Waals surface area contributed by atoms with Crippen molar-refractivity contribution >= 4 is 22.6 Å². The van der Waals surface area contributed by atoms with Crippen LogP contribution in [0.15, 0.2) is 64.3 Å². The van der Waals surface area contributed by atoms with E-state index in [-0.39, 0.29) is 6.54 Å². The number of benzene rings is 2. The van der Waals surface area contributed by atoms with Crippen LogP contribution in [0.4, 0.5) is 5.69 Å². The maximum Gasteiger partial charge on any atom is 0.331 e. The Morgan fingerprint density at radius 3 is 2.18 bits per heavy atom. The van der Waals surface area contributed by atoms with Gasteiger partial charge in [0.15, 0.2) is 0 Å². The highest BCUT2D eigenvalue weighted by molar-refractivity contribution is 5.96. The molecule has 9 nitrogen and oxygen atoms in total. The highest BCUT2D eigenvalue weighted by Crippen LogP contribution is 2.28. The summed E-state index contributed by atoms with van der Waals surface area (Å²) in [5, 5.41) is 2.78. The van der Waals surface area contributed by atoms with E-state index in [9.17, 15) is 14.4 Å². The highest BCUT2D eigenvalue weighted by atomic mass is 16.5. The van der Waals surface area contributed by atoms with E-state index in [1.807, 2.05) is 30.3 Å². The Hall–Kier alpha value is -4.27. The smallest absolute Gasteiger partial charge is 0.331 e. The van der Waals surface area contributed by atoms with Gasteiger partial charge in [-0.25, -0.2) is 4.79 Å². The van der Waals surface area contributed by atoms with Crippen molar-refractivity contribution in [1.82, 2.24) is 13.7 Å². The lowest BCUT2D eigenvalue weighted by atomic mass is 10.1. The molecule has 0 atom stereocenters. The molecular formula is C24H24N4O5. The second-order valence-electron chi connectivity index (χ2n) is 7.60. The summed E-state index contributed by atoms with van der Waals surface area (Å²) in [5.74, 6) is 0.594. The van der Waals surface area contributed by atoms with Gasteiger partial charge in [-0.15, -0.1) is 0 Å². The molecule has 170 valence electrons. The van der Waals surface area contributed by atoms with Crippen LogP contribution in [-0.4, -0.2) is 33.8 Å². The Labute approximate surface area is 189 Å². The van der Waals surface area contributed by atoms with Gasteiger partial charge in [0, 0.05) is 49.7 Å². The molecule has 0 aliphatic rings. The van der Waals surface area contributed by atoms with Gasteiger partial charge in [-0.05, 0) is 5.56 Å². The Bertz CT molecular complexity index is 1440. The topological polar surface area (TPSA) is 96.5 Å². The molecule has 2 aromatic heterocycles. The number of carbonyl (C=O) groups excluding carboxylic acids is 1. The zero-order valence-electron chi connectivity index (χ0n) is 18.8. The average molecular weight is 448 g/mol. The first-order valence-electron chi connectivity index (χ1n) is 10.2. The number of nitrogens with zero attached hydrogens (tertiary/aromatic N) is 3. The van der Waals surface area contributed by atoms with Crippen molar-refractivity contribution in [3.8, 4) is 22.6 Å². The van der Waals surface area contributed by atoms with Gasteiger partial charge in [-0.1, -0.05) is 30.3 Å². The maximum atomic E-state index is 13.1. The second-order valence-corrected chi connectivity index (χ2v) is 7.60. The van der Waals surface area contributed by atoms with E-state index in [0.717, 1.165) is 10.1 Å². The normalized spacial score (nSPS) is 10.9. The highest BCUT2D eigenvalue weighted by Gasteiger charge is 2.21. The Kier molecular flexibility index (Phi) is 5.78. The molecule has 9 heteroatoms. The standard InChI is InChI=1S/C24H24N4O5/c1-26-13-19(15-8-6-5-7-9-15)21-22(26)23(30)27(2)24(31)28(21)14-20(29)25-16-10-17(32-3)12-18(11-16)33-4/h5-13H,14H2,1-4H3,(H,25,29). The summed E-state index contributed by atoms with van der Waals surface area (Å²) >= 11 is 0. The third-order valence-corrected chi connectivity index (χ3v) is 5.47. The third kappa shape index (κ3) is 4.00. The molecule has 0 saturated heterocycles. The number of fused-ring (bicyclic) bond motifs is 1. The van der Waals surface area contributed by atoms with Gasteiger partial charge in [0.2, 0.25) is 5.91 Å². The first-order valence-corrected chi connectivity index (χ1v) is 10.2. The number of carbonyl (C=O) groups is 1. The largest absolute Gasteiger partial charge is 0.497 e. The molecule has 4 rings (SSSR count). The molecule has 33 heavy (non-hydrogen) atoms. The minimum Gasteiger partial charge on any atom is -0.497 e. The summed E-state index contributed by atoms with van der Waals surface area (Å²) in [6, 6.07) is 14.4. The van der Waals surface area contributed by atoms with Crippen molar-refractivity contribution in [3.63, 3.8) is 0 Å². The van der Waals surface area contributed by atoms with Crippen LogP contribution in [0, 0.1) is 0 Å². The van der Waals surface area contributed by atoms with Gasteiger partial charge in [-0.3, -0.25) is 18.7 Å². The van der Waals surface area contributed by atoms with Gasteiger partial charge in [0.25, 0.3) is 5.56 Å². The quantitative estimate of drug-likeness (QED) is 0.489. The summed E-state index contributed by atoms with van der Waals surface area (Å²) in [6.45, 7) is -0.285. The fourth-order valence-corrected chi connectivity index (χ4v) is 3.86. The third-order valence-electron chi connectivity index (χ3n) is 5.47. The Balaban J connectivity index is 1.82. The van der Waals surface area contributed by atoms with E-state index in [2.05, 4.69) is 5.32 Å². The summed E-state index contributed by atoms with van der Waals surface area (Å²) in [4.78, 5) is 38.9. The fraction of sp³-hybridized carbons (Fsp3) is 0.208. The molecule has 0 aliphatic heterocycles. The van der Waals surface area contributed by atoms with Crippen molar-refractivity contribution in [1.29, 1.82) is 0 Å². The first kappa shape index (κ1) is 21.9. The molecule has 4 aromatic rings. The Morgan fingerprint density at radius 1 is 0.939 bits per heavy atom. The lowest BCUT2D eigenvalue weighted by Gasteiger charge is -2.13. The van der Waals surface area contributed by atoms with E-state index in [4.69, 9.17) is 9.47 Å². The number of ether oxygens (including phenoxy) is 2. The summed E-state index contributed by atoms with van der Waals surface area (Å²) in [5.41, 5.74) is 1.74. The monoisotopic (exact) mass is 448 g/mol. The molecule has 1 amide bonds. The minimum absolute atomic E-state index is 0.285. The van der Waals surface area contributed by atoms with Crippen LogP contribution in [0.3, 0.4) is 0 Å². The number of methoxy groups -OCH3 is 2. The van der Waals surface area contributed by atoms with Crippen LogP contribution in [0.1, 0.15) is 0 Å². The van der Waals surface area contributed by atoms with E-state index in [1.165, 1.54) is 25.8 Å². The molecule has 0 unspecified atom stereocenters. The number of amides is 1. The van der Waals surface area contributed by atoms with Crippen LogP contribution in [0.5, 0.6) is 11.5 Å². The van der Waals surface area contributed by atoms with Crippen molar-refractivity contribution in [2.24, 2.45) is 14.1 Å². The summed E-state index contributed by atoms with van der Waals surface area (Å²) < 4.78 is 14.5. The average Bonchev–Trinajstić information content (AvgIpc) is 3.17. The number of hydrogen-bond donors (Lipinski definition) is 1. The number of aryl methyl sites for hydroxylation is 1. The number of rotatable bonds is 6. The van der Waals surface area contributed by atoms with Crippen LogP contribution in [0.2, 0.25) is 0 Å². The van der Waals surface area contributed by atoms with Gasteiger partial charge < -0.3 is 19.4 Å². The van der Waals surface area contributed by atoms with Gasteiger partial charge >= 0.3 is 5.69 Å². The minimum atomic E-state index is -0.575. The molecule has 0 bridgehead atoms. The second kappa shape index (κ2) is 8.70. The predicted molar refractivity (Wildman–Crippen MR) is 126 cm³/mol. The van der Waals surface area contributed by atoms with Gasteiger partial charge in [0.05, 0.1) is 19.7 Å². The maximum absolute atomic E-state index is 13.1. The number of nitrogens with one attached hydrogen (secondary N) is 1. The SMILES string of the molecule is COc1cc(NC(=O)Cn2c(=O)n(C)c(=O)c3c2c(-c2ccccc2)cn3C)cc(OC)c1. The van der Waals surface area contributed by atoms with Gasteiger partial charge in [0.1, 0.15) is 23.6 Å². The fourth-order valence-electron chi connectivity index (χ4n) is 3.86. The molecule has 0 spiro atoms. The van der Waals surface area contributed by atoms with Crippen LogP contribution in [0.25, 0.3) is 22.2 Å². The molecular weight excluding hydrogens is 424 g/mol. The molecule has 1 N–H and O–H groups in total.